The smallest absolute Gasteiger partial charge is 0.280 e. The minimum atomic E-state index is -0.320. The lowest BCUT2D eigenvalue weighted by Gasteiger charge is -2.00. The molecule has 0 saturated heterocycles. The first-order chi connectivity index (χ1) is 10.6. The van der Waals surface area contributed by atoms with E-state index in [1.165, 1.54) is 27.7 Å². The van der Waals surface area contributed by atoms with Crippen LogP contribution in [0.25, 0.3) is 16.9 Å². The first-order valence-electron chi connectivity index (χ1n) is 6.49. The lowest BCUT2D eigenvalue weighted by atomic mass is 10.1. The fraction of sp³-hybridized carbons (Fsp3) is 0.0667. The molecule has 0 aliphatic heterocycles. The van der Waals surface area contributed by atoms with Gasteiger partial charge >= 0.3 is 0 Å². The summed E-state index contributed by atoms with van der Waals surface area (Å²) in [5.41, 5.74) is 0.819. The molecule has 0 radical (unpaired) electrons. The second-order valence-corrected chi connectivity index (χ2v) is 4.76. The fourth-order valence-electron chi connectivity index (χ4n) is 2.06. The topological polar surface area (TPSA) is 89.8 Å². The quantitative estimate of drug-likeness (QED) is 0.722. The Morgan fingerprint density at radius 2 is 2.05 bits per heavy atom. The number of carbonyl (C=O) groups is 1. The molecule has 7 heteroatoms. The predicted molar refractivity (Wildman–Crippen MR) is 80.2 cm³/mol. The third kappa shape index (κ3) is 2.28. The first kappa shape index (κ1) is 13.7. The van der Waals surface area contributed by atoms with Gasteiger partial charge in [-0.05, 0) is 23.8 Å². The maximum Gasteiger partial charge on any atom is 0.280 e. The third-order valence-corrected chi connectivity index (χ3v) is 3.32. The van der Waals surface area contributed by atoms with Crippen LogP contribution in [-0.4, -0.2) is 25.6 Å². The number of aryl methyl sites for hydroxylation is 1. The van der Waals surface area contributed by atoms with Crippen molar-refractivity contribution in [2.75, 3.05) is 0 Å². The minimum Gasteiger partial charge on any atom is -0.319 e. The van der Waals surface area contributed by atoms with Crippen molar-refractivity contribution in [3.05, 3.63) is 69.1 Å². The molecule has 0 aliphatic rings. The molecule has 0 unspecified atom stereocenters. The average molecular weight is 296 g/mol. The largest absolute Gasteiger partial charge is 0.319 e. The van der Waals surface area contributed by atoms with Crippen LogP contribution in [0.2, 0.25) is 0 Å². The molecule has 3 rings (SSSR count). The minimum absolute atomic E-state index is 0.196. The summed E-state index contributed by atoms with van der Waals surface area (Å²) < 4.78 is 2.68. The van der Waals surface area contributed by atoms with Crippen molar-refractivity contribution in [1.29, 1.82) is 0 Å². The van der Waals surface area contributed by atoms with Crippen molar-refractivity contribution >= 4 is 6.29 Å². The van der Waals surface area contributed by atoms with Crippen molar-refractivity contribution in [3.63, 3.8) is 0 Å². The van der Waals surface area contributed by atoms with Crippen LogP contribution < -0.4 is 11.1 Å². The molecule has 0 amide bonds. The van der Waals surface area contributed by atoms with Crippen LogP contribution in [0.15, 0.2) is 52.4 Å². The number of aromatic amines is 1. The summed E-state index contributed by atoms with van der Waals surface area (Å²) in [7, 11) is 1.64. The highest BCUT2D eigenvalue weighted by atomic mass is 16.1. The summed E-state index contributed by atoms with van der Waals surface area (Å²) in [6, 6.07) is 6.23. The van der Waals surface area contributed by atoms with Crippen LogP contribution in [-0.2, 0) is 7.05 Å². The van der Waals surface area contributed by atoms with Crippen LogP contribution in [0.3, 0.4) is 0 Å². The molecule has 1 N–H and O–H groups in total. The van der Waals surface area contributed by atoms with Gasteiger partial charge in [-0.3, -0.25) is 19.5 Å². The molecule has 0 bridgehead atoms. The summed E-state index contributed by atoms with van der Waals surface area (Å²) in [6.45, 7) is 0. The number of hydrogen-bond acceptors (Lipinski definition) is 4. The number of H-pyrrole nitrogens is 1. The molecular formula is C15H12N4O3. The lowest BCUT2D eigenvalue weighted by molar-refractivity contribution is 0.112. The molecule has 0 fully saturated rings. The van der Waals surface area contributed by atoms with Gasteiger partial charge < -0.3 is 4.57 Å². The van der Waals surface area contributed by atoms with E-state index in [9.17, 15) is 14.4 Å². The zero-order valence-corrected chi connectivity index (χ0v) is 11.7. The van der Waals surface area contributed by atoms with E-state index in [-0.39, 0.29) is 11.1 Å². The lowest BCUT2D eigenvalue weighted by Crippen LogP contribution is -2.18. The number of rotatable bonds is 3. The van der Waals surface area contributed by atoms with Crippen molar-refractivity contribution in [1.82, 2.24) is 19.3 Å². The molecule has 0 atom stereocenters. The van der Waals surface area contributed by atoms with E-state index in [0.717, 1.165) is 0 Å². The Morgan fingerprint density at radius 1 is 1.23 bits per heavy atom. The molecule has 0 spiro atoms. The van der Waals surface area contributed by atoms with Gasteiger partial charge in [-0.15, -0.1) is 0 Å². The van der Waals surface area contributed by atoms with Gasteiger partial charge in [0.05, 0.1) is 5.56 Å². The van der Waals surface area contributed by atoms with Gasteiger partial charge in [0.2, 0.25) is 0 Å². The number of hydrogen-bond donors (Lipinski definition) is 1. The summed E-state index contributed by atoms with van der Waals surface area (Å²) in [6.07, 6.45) is 5.19. The van der Waals surface area contributed by atoms with Gasteiger partial charge in [-0.1, -0.05) is 0 Å². The molecule has 0 saturated carbocycles. The van der Waals surface area contributed by atoms with Gasteiger partial charge in [0.15, 0.2) is 12.1 Å². The average Bonchev–Trinajstić information content (AvgIpc) is 2.92. The maximum absolute atomic E-state index is 12.4. The number of pyridine rings is 2. The van der Waals surface area contributed by atoms with Crippen LogP contribution in [0.4, 0.5) is 0 Å². The van der Waals surface area contributed by atoms with E-state index >= 15 is 0 Å². The van der Waals surface area contributed by atoms with E-state index in [0.29, 0.717) is 28.8 Å². The van der Waals surface area contributed by atoms with Gasteiger partial charge in [-0.25, -0.2) is 9.67 Å². The van der Waals surface area contributed by atoms with Crippen LogP contribution in [0.1, 0.15) is 10.4 Å². The molecule has 7 nitrogen and oxygen atoms in total. The highest BCUT2D eigenvalue weighted by Crippen LogP contribution is 2.13. The normalized spacial score (nSPS) is 10.6. The summed E-state index contributed by atoms with van der Waals surface area (Å²) in [5, 5.41) is 2.80. The molecular weight excluding hydrogens is 284 g/mol. The number of carbonyl (C=O) groups excluding carboxylic acids is 1. The Morgan fingerprint density at radius 3 is 2.68 bits per heavy atom. The number of nitrogens with zero attached hydrogens (tertiary/aromatic N) is 3. The first-order valence-corrected chi connectivity index (χ1v) is 6.49. The standard InChI is InChI=1S/C15H12N4O3/c1-18-5-4-11(6-14(18)21)12-8-17-19(15(12)22)13-3-2-10(9-20)7-16-13/h2-9,17H,1H3. The van der Waals surface area contributed by atoms with Gasteiger partial charge in [0.1, 0.15) is 0 Å². The van der Waals surface area contributed by atoms with Crippen molar-refractivity contribution < 1.29 is 4.79 Å². The van der Waals surface area contributed by atoms with Crippen LogP contribution in [0.5, 0.6) is 0 Å². The van der Waals surface area contributed by atoms with E-state index in [1.54, 1.807) is 31.4 Å². The molecule has 0 aromatic carbocycles. The second kappa shape index (κ2) is 5.28. The monoisotopic (exact) mass is 296 g/mol. The molecule has 3 aromatic rings. The van der Waals surface area contributed by atoms with E-state index in [4.69, 9.17) is 0 Å². The van der Waals surface area contributed by atoms with Crippen LogP contribution >= 0.6 is 0 Å². The Balaban J connectivity index is 2.08. The third-order valence-electron chi connectivity index (χ3n) is 3.32. The predicted octanol–water partition coefficient (Wildman–Crippen LogP) is 0.739. The Labute approximate surface area is 124 Å². The SMILES string of the molecule is Cn1ccc(-c2c[nH]n(-c3ccc(C=O)cn3)c2=O)cc1=O. The summed E-state index contributed by atoms with van der Waals surface area (Å²) >= 11 is 0. The Kier molecular flexibility index (Phi) is 3.30. The van der Waals surface area contributed by atoms with Gasteiger partial charge in [0.25, 0.3) is 11.1 Å². The van der Waals surface area contributed by atoms with E-state index in [1.807, 2.05) is 0 Å². The molecule has 110 valence electrons. The molecule has 22 heavy (non-hydrogen) atoms. The van der Waals surface area contributed by atoms with Gasteiger partial charge in [0, 0.05) is 37.3 Å². The van der Waals surface area contributed by atoms with Crippen LogP contribution in [0, 0.1) is 0 Å². The second-order valence-electron chi connectivity index (χ2n) is 4.76. The highest BCUT2D eigenvalue weighted by molar-refractivity contribution is 5.74. The number of aldehydes is 1. The summed E-state index contributed by atoms with van der Waals surface area (Å²) in [5.74, 6) is 0.366. The number of aromatic nitrogens is 4. The Bertz CT molecular complexity index is 948. The van der Waals surface area contributed by atoms with Gasteiger partial charge in [-0.2, -0.15) is 0 Å². The van der Waals surface area contributed by atoms with Crippen molar-refractivity contribution in [2.45, 2.75) is 0 Å². The van der Waals surface area contributed by atoms with Crippen molar-refractivity contribution in [3.8, 4) is 16.9 Å². The van der Waals surface area contributed by atoms with E-state index < -0.39 is 0 Å². The highest BCUT2D eigenvalue weighted by Gasteiger charge is 2.11. The molecule has 3 heterocycles. The zero-order valence-electron chi connectivity index (χ0n) is 11.7. The molecule has 3 aromatic heterocycles. The molecule has 0 aliphatic carbocycles. The van der Waals surface area contributed by atoms with E-state index in [2.05, 4.69) is 10.1 Å². The summed E-state index contributed by atoms with van der Waals surface area (Å²) in [4.78, 5) is 38.8. The zero-order chi connectivity index (χ0) is 15.7. The number of nitrogens with one attached hydrogen (secondary N) is 1. The Hall–Kier alpha value is -3.22. The van der Waals surface area contributed by atoms with Crippen molar-refractivity contribution in [2.24, 2.45) is 7.05 Å². The maximum atomic E-state index is 12.4. The fourth-order valence-corrected chi connectivity index (χ4v) is 2.06.